The fourth-order valence-corrected chi connectivity index (χ4v) is 1.36. The Balaban J connectivity index is 1.95. The summed E-state index contributed by atoms with van der Waals surface area (Å²) in [4.78, 5) is 0. The van der Waals surface area contributed by atoms with E-state index in [4.69, 9.17) is 5.11 Å². The number of nitrogens with zero attached hydrogens (tertiary/aromatic N) is 2. The molecule has 3 nitrogen and oxygen atoms in total. The van der Waals surface area contributed by atoms with Crippen LogP contribution in [0.15, 0.2) is 42.7 Å². The van der Waals surface area contributed by atoms with Crippen LogP contribution in [0, 0.1) is 0 Å². The largest absolute Gasteiger partial charge is 0.505 e. The second kappa shape index (κ2) is 3.96. The van der Waals surface area contributed by atoms with E-state index < -0.39 is 0 Å². The van der Waals surface area contributed by atoms with Crippen molar-refractivity contribution >= 4 is 0 Å². The molecule has 0 spiro atoms. The summed E-state index contributed by atoms with van der Waals surface area (Å²) in [6, 6.07) is 10.2. The van der Waals surface area contributed by atoms with Crippen molar-refractivity contribution in [2.75, 3.05) is 0 Å². The maximum Gasteiger partial charge on any atom is 0.153 e. The van der Waals surface area contributed by atoms with Gasteiger partial charge in [-0.15, -0.1) is 0 Å². The Morgan fingerprint density at radius 3 is 2.64 bits per heavy atom. The maximum absolute atomic E-state index is 9.07. The van der Waals surface area contributed by atoms with Gasteiger partial charge in [0, 0.05) is 6.54 Å². The van der Waals surface area contributed by atoms with Crippen molar-refractivity contribution in [2.45, 2.75) is 13.0 Å². The zero-order valence-corrected chi connectivity index (χ0v) is 7.80. The van der Waals surface area contributed by atoms with Crippen molar-refractivity contribution in [2.24, 2.45) is 0 Å². The van der Waals surface area contributed by atoms with E-state index in [1.807, 2.05) is 18.2 Å². The molecule has 0 aliphatic rings. The molecule has 0 aliphatic carbocycles. The van der Waals surface area contributed by atoms with Gasteiger partial charge < -0.3 is 5.11 Å². The summed E-state index contributed by atoms with van der Waals surface area (Å²) in [5.41, 5.74) is 1.28. The predicted octanol–water partition coefficient (Wildman–Crippen LogP) is 1.83. The predicted molar refractivity (Wildman–Crippen MR) is 54.0 cm³/mol. The van der Waals surface area contributed by atoms with Gasteiger partial charge in [-0.3, -0.25) is 4.68 Å². The van der Waals surface area contributed by atoms with Crippen molar-refractivity contribution in [3.63, 3.8) is 0 Å². The van der Waals surface area contributed by atoms with Crippen LogP contribution in [0.4, 0.5) is 0 Å². The first-order valence-electron chi connectivity index (χ1n) is 4.60. The smallest absolute Gasteiger partial charge is 0.153 e. The first-order chi connectivity index (χ1) is 6.84. The molecule has 0 aliphatic heterocycles. The number of benzene rings is 1. The van der Waals surface area contributed by atoms with Gasteiger partial charge in [0.1, 0.15) is 0 Å². The lowest BCUT2D eigenvalue weighted by Gasteiger charge is -2.00. The third kappa shape index (κ3) is 2.13. The van der Waals surface area contributed by atoms with Crippen molar-refractivity contribution in [3.8, 4) is 5.75 Å². The van der Waals surface area contributed by atoms with Crippen LogP contribution in [0.25, 0.3) is 0 Å². The molecule has 0 amide bonds. The van der Waals surface area contributed by atoms with Gasteiger partial charge in [0.15, 0.2) is 5.75 Å². The minimum absolute atomic E-state index is 0.220. The van der Waals surface area contributed by atoms with Crippen LogP contribution < -0.4 is 0 Å². The normalized spacial score (nSPS) is 10.3. The van der Waals surface area contributed by atoms with E-state index in [0.29, 0.717) is 0 Å². The highest BCUT2D eigenvalue weighted by molar-refractivity contribution is 5.15. The molecule has 0 saturated heterocycles. The van der Waals surface area contributed by atoms with E-state index in [1.54, 1.807) is 10.9 Å². The fourth-order valence-electron chi connectivity index (χ4n) is 1.36. The first kappa shape index (κ1) is 8.81. The van der Waals surface area contributed by atoms with Crippen LogP contribution in [0.2, 0.25) is 0 Å². The summed E-state index contributed by atoms with van der Waals surface area (Å²) in [7, 11) is 0. The quantitative estimate of drug-likeness (QED) is 0.798. The lowest BCUT2D eigenvalue weighted by atomic mass is 10.1. The van der Waals surface area contributed by atoms with E-state index in [2.05, 4.69) is 17.2 Å². The van der Waals surface area contributed by atoms with Crippen LogP contribution in [0.5, 0.6) is 5.75 Å². The van der Waals surface area contributed by atoms with Gasteiger partial charge in [-0.05, 0) is 12.0 Å². The van der Waals surface area contributed by atoms with Gasteiger partial charge in [0.05, 0.1) is 12.4 Å². The number of rotatable bonds is 3. The highest BCUT2D eigenvalue weighted by atomic mass is 16.3. The standard InChI is InChI=1S/C11H12N2O/c14-11-8-12-13(9-11)7-6-10-4-2-1-3-5-10/h1-5,8-9,14H,6-7H2. The van der Waals surface area contributed by atoms with Crippen LogP contribution in [0.3, 0.4) is 0 Å². The Labute approximate surface area is 82.6 Å². The van der Waals surface area contributed by atoms with E-state index >= 15 is 0 Å². The molecule has 0 radical (unpaired) electrons. The molecular formula is C11H12N2O. The Kier molecular flexibility index (Phi) is 2.49. The SMILES string of the molecule is Oc1cnn(CCc2ccccc2)c1. The third-order valence-corrected chi connectivity index (χ3v) is 2.09. The van der Waals surface area contributed by atoms with Gasteiger partial charge >= 0.3 is 0 Å². The minimum atomic E-state index is 0.220. The molecule has 0 atom stereocenters. The molecule has 3 heteroatoms. The molecule has 2 aromatic rings. The van der Waals surface area contributed by atoms with Gasteiger partial charge in [0.2, 0.25) is 0 Å². The first-order valence-corrected chi connectivity index (χ1v) is 4.60. The minimum Gasteiger partial charge on any atom is -0.505 e. The van der Waals surface area contributed by atoms with Crippen molar-refractivity contribution in [1.29, 1.82) is 0 Å². The highest BCUT2D eigenvalue weighted by Crippen LogP contribution is 2.06. The number of aromatic nitrogens is 2. The number of aryl methyl sites for hydroxylation is 2. The summed E-state index contributed by atoms with van der Waals surface area (Å²) in [6.45, 7) is 0.796. The summed E-state index contributed by atoms with van der Waals surface area (Å²) in [5, 5.41) is 13.1. The molecule has 0 unspecified atom stereocenters. The van der Waals surface area contributed by atoms with Crippen LogP contribution >= 0.6 is 0 Å². The summed E-state index contributed by atoms with van der Waals surface area (Å²) in [5.74, 6) is 0.220. The van der Waals surface area contributed by atoms with E-state index in [9.17, 15) is 0 Å². The Hall–Kier alpha value is -1.77. The van der Waals surface area contributed by atoms with Crippen molar-refractivity contribution in [3.05, 3.63) is 48.3 Å². The zero-order valence-electron chi connectivity index (χ0n) is 7.80. The molecule has 1 aromatic heterocycles. The lowest BCUT2D eigenvalue weighted by Crippen LogP contribution is -2.01. The Bertz CT molecular complexity index is 395. The van der Waals surface area contributed by atoms with Crippen LogP contribution in [-0.2, 0) is 13.0 Å². The molecule has 0 fully saturated rings. The number of aromatic hydroxyl groups is 1. The fraction of sp³-hybridized carbons (Fsp3) is 0.182. The van der Waals surface area contributed by atoms with Gasteiger partial charge in [-0.2, -0.15) is 5.10 Å². The third-order valence-electron chi connectivity index (χ3n) is 2.09. The molecule has 0 bridgehead atoms. The number of hydrogen-bond donors (Lipinski definition) is 1. The molecule has 1 heterocycles. The van der Waals surface area contributed by atoms with Gasteiger partial charge in [-0.1, -0.05) is 30.3 Å². The van der Waals surface area contributed by atoms with Gasteiger partial charge in [0.25, 0.3) is 0 Å². The zero-order chi connectivity index (χ0) is 9.80. The average molecular weight is 188 g/mol. The molecule has 0 saturated carbocycles. The molecule has 14 heavy (non-hydrogen) atoms. The van der Waals surface area contributed by atoms with Crippen LogP contribution in [0.1, 0.15) is 5.56 Å². The van der Waals surface area contributed by atoms with Crippen molar-refractivity contribution < 1.29 is 5.11 Å². The summed E-state index contributed by atoms with van der Waals surface area (Å²) < 4.78 is 1.74. The molecule has 1 N–H and O–H groups in total. The summed E-state index contributed by atoms with van der Waals surface area (Å²) >= 11 is 0. The van der Waals surface area contributed by atoms with Crippen molar-refractivity contribution in [1.82, 2.24) is 9.78 Å². The van der Waals surface area contributed by atoms with Crippen LogP contribution in [-0.4, -0.2) is 14.9 Å². The van der Waals surface area contributed by atoms with Gasteiger partial charge in [-0.25, -0.2) is 0 Å². The van der Waals surface area contributed by atoms with E-state index in [1.165, 1.54) is 11.8 Å². The van der Waals surface area contributed by atoms with E-state index in [-0.39, 0.29) is 5.75 Å². The molecular weight excluding hydrogens is 176 g/mol. The highest BCUT2D eigenvalue weighted by Gasteiger charge is 1.96. The second-order valence-electron chi connectivity index (χ2n) is 3.20. The topological polar surface area (TPSA) is 38.1 Å². The maximum atomic E-state index is 9.07. The Morgan fingerprint density at radius 1 is 1.21 bits per heavy atom. The number of hydrogen-bond acceptors (Lipinski definition) is 2. The second-order valence-corrected chi connectivity index (χ2v) is 3.20. The Morgan fingerprint density at radius 2 is 2.00 bits per heavy atom. The monoisotopic (exact) mass is 188 g/mol. The molecule has 1 aromatic carbocycles. The molecule has 2 rings (SSSR count). The average Bonchev–Trinajstić information content (AvgIpc) is 2.63. The summed E-state index contributed by atoms with van der Waals surface area (Å²) in [6.07, 6.45) is 4.01. The van der Waals surface area contributed by atoms with E-state index in [0.717, 1.165) is 13.0 Å². The lowest BCUT2D eigenvalue weighted by molar-refractivity contribution is 0.473. The molecule has 72 valence electrons.